The van der Waals surface area contributed by atoms with Crippen LogP contribution in [0.1, 0.15) is 6.42 Å². The maximum atomic E-state index is 11.1. The van der Waals surface area contributed by atoms with Gasteiger partial charge in [-0.3, -0.25) is 15.0 Å². The molecule has 0 radical (unpaired) electrons. The van der Waals surface area contributed by atoms with Gasteiger partial charge in [-0.05, 0) is 36.8 Å². The van der Waals surface area contributed by atoms with Gasteiger partial charge in [0.25, 0.3) is 0 Å². The molecule has 1 N–H and O–H groups in total. The predicted molar refractivity (Wildman–Crippen MR) is 108 cm³/mol. The number of ether oxygens (including phenoxy) is 3. The van der Waals surface area contributed by atoms with E-state index in [2.05, 4.69) is 4.90 Å². The zero-order valence-corrected chi connectivity index (χ0v) is 16.7. The Morgan fingerprint density at radius 2 is 2.00 bits per heavy atom. The molecule has 1 saturated heterocycles. The molecule has 0 unspecified atom stereocenters. The minimum Gasteiger partial charge on any atom is -0.497 e. The van der Waals surface area contributed by atoms with Crippen molar-refractivity contribution in [3.05, 3.63) is 57.6 Å². The predicted octanol–water partition coefficient (Wildman–Crippen LogP) is 3.15. The highest BCUT2D eigenvalue weighted by molar-refractivity contribution is 6.30. The molecule has 1 aliphatic rings. The fraction of sp³-hybridized carbons (Fsp3) is 0.400. The van der Waals surface area contributed by atoms with Crippen LogP contribution in [0, 0.1) is 10.1 Å². The molecule has 2 aromatic rings. The SMILES string of the molecule is COc1ccc([N+](=O)[O-])c(OC[C@@H](O)CN2CC[C@H](Oc3ccc(Cl)cc3)C2)c1. The number of nitro benzene ring substituents is 1. The van der Waals surface area contributed by atoms with Gasteiger partial charge >= 0.3 is 5.69 Å². The van der Waals surface area contributed by atoms with E-state index in [0.717, 1.165) is 18.7 Å². The van der Waals surface area contributed by atoms with Crippen molar-refractivity contribution in [2.24, 2.45) is 0 Å². The molecule has 1 fully saturated rings. The first-order chi connectivity index (χ1) is 13.9. The van der Waals surface area contributed by atoms with Gasteiger partial charge in [0.2, 0.25) is 5.75 Å². The summed E-state index contributed by atoms with van der Waals surface area (Å²) in [5.41, 5.74) is -0.171. The van der Waals surface area contributed by atoms with E-state index in [1.807, 2.05) is 12.1 Å². The van der Waals surface area contributed by atoms with Gasteiger partial charge in [-0.25, -0.2) is 0 Å². The van der Waals surface area contributed by atoms with E-state index >= 15 is 0 Å². The first-order valence-corrected chi connectivity index (χ1v) is 9.60. The van der Waals surface area contributed by atoms with Crippen LogP contribution in [-0.2, 0) is 0 Å². The number of rotatable bonds is 9. The number of methoxy groups -OCH3 is 1. The summed E-state index contributed by atoms with van der Waals surface area (Å²) in [5.74, 6) is 1.27. The summed E-state index contributed by atoms with van der Waals surface area (Å²) < 4.78 is 16.5. The summed E-state index contributed by atoms with van der Waals surface area (Å²) in [5, 5.41) is 22.1. The average Bonchev–Trinajstić information content (AvgIpc) is 3.14. The van der Waals surface area contributed by atoms with Gasteiger partial charge in [0.1, 0.15) is 30.3 Å². The third kappa shape index (κ3) is 5.96. The molecule has 8 nitrogen and oxygen atoms in total. The third-order valence-electron chi connectivity index (χ3n) is 4.61. The highest BCUT2D eigenvalue weighted by Crippen LogP contribution is 2.31. The second-order valence-corrected chi connectivity index (χ2v) is 7.23. The van der Waals surface area contributed by atoms with E-state index in [0.29, 0.717) is 23.9 Å². The fourth-order valence-corrected chi connectivity index (χ4v) is 3.32. The summed E-state index contributed by atoms with van der Waals surface area (Å²) in [7, 11) is 1.47. The van der Waals surface area contributed by atoms with Gasteiger partial charge in [-0.15, -0.1) is 0 Å². The van der Waals surface area contributed by atoms with Gasteiger partial charge in [0.15, 0.2) is 0 Å². The Hall–Kier alpha value is -2.55. The molecule has 0 aromatic heterocycles. The number of nitrogens with zero attached hydrogens (tertiary/aromatic N) is 2. The van der Waals surface area contributed by atoms with Crippen molar-refractivity contribution in [3.63, 3.8) is 0 Å². The number of halogens is 1. The van der Waals surface area contributed by atoms with Gasteiger partial charge in [0, 0.05) is 36.8 Å². The minimum absolute atomic E-state index is 0.0313. The van der Waals surface area contributed by atoms with Gasteiger partial charge in [-0.2, -0.15) is 0 Å². The zero-order chi connectivity index (χ0) is 20.8. The lowest BCUT2D eigenvalue weighted by atomic mass is 10.2. The second-order valence-electron chi connectivity index (χ2n) is 6.80. The largest absolute Gasteiger partial charge is 0.497 e. The quantitative estimate of drug-likeness (QED) is 0.490. The molecule has 2 aromatic carbocycles. The number of aliphatic hydroxyl groups is 1. The monoisotopic (exact) mass is 422 g/mol. The first kappa shape index (κ1) is 21.2. The van der Waals surface area contributed by atoms with Crippen molar-refractivity contribution in [1.29, 1.82) is 0 Å². The normalized spacial score (nSPS) is 17.7. The average molecular weight is 423 g/mol. The molecule has 0 amide bonds. The molecule has 0 bridgehead atoms. The highest BCUT2D eigenvalue weighted by Gasteiger charge is 2.26. The van der Waals surface area contributed by atoms with Crippen LogP contribution in [0.3, 0.4) is 0 Å². The number of likely N-dealkylation sites (tertiary alicyclic amines) is 1. The molecule has 9 heteroatoms. The molecular weight excluding hydrogens is 400 g/mol. The lowest BCUT2D eigenvalue weighted by Crippen LogP contribution is -2.35. The Morgan fingerprint density at radius 3 is 2.69 bits per heavy atom. The number of β-amino-alcohol motifs (C(OH)–C–C–N with tert-alkyl or cyclic N) is 1. The minimum atomic E-state index is -0.796. The summed E-state index contributed by atoms with van der Waals surface area (Å²) in [6.45, 7) is 1.79. The lowest BCUT2D eigenvalue weighted by molar-refractivity contribution is -0.385. The number of hydrogen-bond acceptors (Lipinski definition) is 7. The van der Waals surface area contributed by atoms with Crippen LogP contribution < -0.4 is 14.2 Å². The van der Waals surface area contributed by atoms with Crippen molar-refractivity contribution in [3.8, 4) is 17.2 Å². The molecular formula is C20H23ClN2O6. The number of benzene rings is 2. The van der Waals surface area contributed by atoms with E-state index in [4.69, 9.17) is 25.8 Å². The Kier molecular flexibility index (Phi) is 7.13. The number of nitro groups is 1. The topological polar surface area (TPSA) is 94.3 Å². The Bertz CT molecular complexity index is 832. The molecule has 3 rings (SSSR count). The fourth-order valence-electron chi connectivity index (χ4n) is 3.19. The summed E-state index contributed by atoms with van der Waals surface area (Å²) in [6, 6.07) is 11.5. The third-order valence-corrected chi connectivity index (χ3v) is 4.86. The van der Waals surface area contributed by atoms with Crippen molar-refractivity contribution in [1.82, 2.24) is 4.90 Å². The molecule has 1 heterocycles. The van der Waals surface area contributed by atoms with E-state index in [9.17, 15) is 15.2 Å². The van der Waals surface area contributed by atoms with Crippen molar-refractivity contribution >= 4 is 17.3 Å². The van der Waals surface area contributed by atoms with Crippen LogP contribution in [-0.4, -0.2) is 60.5 Å². The van der Waals surface area contributed by atoms with Crippen LogP contribution in [0.5, 0.6) is 17.2 Å². The maximum Gasteiger partial charge on any atom is 0.311 e. The zero-order valence-electron chi connectivity index (χ0n) is 16.0. The lowest BCUT2D eigenvalue weighted by Gasteiger charge is -2.20. The molecule has 1 aliphatic heterocycles. The van der Waals surface area contributed by atoms with Crippen LogP contribution >= 0.6 is 11.6 Å². The second kappa shape index (κ2) is 9.78. The Labute approximate surface area is 173 Å². The van der Waals surface area contributed by atoms with Gasteiger partial charge < -0.3 is 19.3 Å². The van der Waals surface area contributed by atoms with Crippen LogP contribution in [0.4, 0.5) is 5.69 Å². The van der Waals surface area contributed by atoms with Crippen LogP contribution in [0.2, 0.25) is 5.02 Å². The summed E-state index contributed by atoms with van der Waals surface area (Å²) in [6.07, 6.45) is 0.0798. The summed E-state index contributed by atoms with van der Waals surface area (Å²) in [4.78, 5) is 12.7. The van der Waals surface area contributed by atoms with Crippen molar-refractivity contribution in [2.45, 2.75) is 18.6 Å². The van der Waals surface area contributed by atoms with Crippen LogP contribution in [0.15, 0.2) is 42.5 Å². The Morgan fingerprint density at radius 1 is 1.28 bits per heavy atom. The van der Waals surface area contributed by atoms with E-state index in [-0.39, 0.29) is 24.1 Å². The van der Waals surface area contributed by atoms with E-state index < -0.39 is 11.0 Å². The first-order valence-electron chi connectivity index (χ1n) is 9.22. The maximum absolute atomic E-state index is 11.1. The van der Waals surface area contributed by atoms with Crippen molar-refractivity contribution in [2.75, 3.05) is 33.4 Å². The smallest absolute Gasteiger partial charge is 0.311 e. The van der Waals surface area contributed by atoms with Gasteiger partial charge in [0.05, 0.1) is 12.0 Å². The highest BCUT2D eigenvalue weighted by atomic mass is 35.5. The van der Waals surface area contributed by atoms with Gasteiger partial charge in [-0.1, -0.05) is 11.6 Å². The summed E-state index contributed by atoms with van der Waals surface area (Å²) >= 11 is 5.88. The van der Waals surface area contributed by atoms with E-state index in [1.165, 1.54) is 25.3 Å². The molecule has 0 aliphatic carbocycles. The molecule has 0 saturated carbocycles. The Balaban J connectivity index is 1.48. The number of hydrogen-bond donors (Lipinski definition) is 1. The standard InChI is InChI=1S/C20H23ClN2O6/c1-27-17-6-7-19(23(25)26)20(10-17)28-13-15(24)11-22-9-8-18(12-22)29-16-4-2-14(21)3-5-16/h2-7,10,15,18,24H,8-9,11-13H2,1H3/t15-,18-/m0/s1. The van der Waals surface area contributed by atoms with Crippen LogP contribution in [0.25, 0.3) is 0 Å². The number of aliphatic hydroxyl groups excluding tert-OH is 1. The molecule has 29 heavy (non-hydrogen) atoms. The van der Waals surface area contributed by atoms with E-state index in [1.54, 1.807) is 12.1 Å². The molecule has 0 spiro atoms. The molecule has 2 atom stereocenters. The molecule has 156 valence electrons. The van der Waals surface area contributed by atoms with Crippen molar-refractivity contribution < 1.29 is 24.2 Å².